The van der Waals surface area contributed by atoms with Gasteiger partial charge in [-0.25, -0.2) is 4.98 Å². The number of carbonyl (C=O) groups excluding carboxylic acids is 1. The molecule has 1 unspecified atom stereocenters. The van der Waals surface area contributed by atoms with Crippen molar-refractivity contribution in [2.24, 2.45) is 0 Å². The minimum Gasteiger partial charge on any atom is -0.365 e. The van der Waals surface area contributed by atoms with Crippen molar-refractivity contribution < 1.29 is 9.53 Å². The third-order valence-electron chi connectivity index (χ3n) is 4.54. The summed E-state index contributed by atoms with van der Waals surface area (Å²) in [7, 11) is 0. The van der Waals surface area contributed by atoms with Crippen LogP contribution in [0.25, 0.3) is 22.2 Å². The van der Waals surface area contributed by atoms with Gasteiger partial charge in [-0.15, -0.1) is 11.3 Å². The number of rotatable bonds is 3. The molecule has 24 heavy (non-hydrogen) atoms. The molecule has 1 aromatic carbocycles. The van der Waals surface area contributed by atoms with E-state index in [0.29, 0.717) is 11.7 Å². The molecule has 4 rings (SSSR count). The smallest absolute Gasteiger partial charge is 0.258 e. The van der Waals surface area contributed by atoms with Gasteiger partial charge in [-0.2, -0.15) is 0 Å². The Morgan fingerprint density at radius 1 is 1.46 bits per heavy atom. The minimum atomic E-state index is -0.732. The van der Waals surface area contributed by atoms with Crippen LogP contribution in [-0.2, 0) is 9.53 Å². The number of hydrogen-bond donors (Lipinski definition) is 2. The van der Waals surface area contributed by atoms with Crippen molar-refractivity contribution in [1.29, 1.82) is 0 Å². The van der Waals surface area contributed by atoms with Gasteiger partial charge >= 0.3 is 0 Å². The Hall–Kier alpha value is -2.18. The van der Waals surface area contributed by atoms with Gasteiger partial charge in [0.15, 0.2) is 5.13 Å². The predicted molar refractivity (Wildman–Crippen MR) is 96.4 cm³/mol. The quantitative estimate of drug-likeness (QED) is 0.753. The van der Waals surface area contributed by atoms with Crippen molar-refractivity contribution in [1.82, 2.24) is 9.97 Å². The maximum Gasteiger partial charge on any atom is 0.258 e. The Labute approximate surface area is 144 Å². The van der Waals surface area contributed by atoms with E-state index in [-0.39, 0.29) is 5.91 Å². The number of nitrogens with zero attached hydrogens (tertiary/aromatic N) is 1. The first-order chi connectivity index (χ1) is 11.5. The van der Waals surface area contributed by atoms with E-state index in [1.807, 2.05) is 18.5 Å². The monoisotopic (exact) mass is 341 g/mol. The van der Waals surface area contributed by atoms with Crippen LogP contribution < -0.4 is 5.32 Å². The van der Waals surface area contributed by atoms with Crippen molar-refractivity contribution in [2.75, 3.05) is 11.9 Å². The number of amides is 1. The van der Waals surface area contributed by atoms with E-state index < -0.39 is 5.60 Å². The molecular weight excluding hydrogens is 322 g/mol. The molecule has 1 aliphatic heterocycles. The number of thiazole rings is 1. The lowest BCUT2D eigenvalue weighted by Crippen LogP contribution is -2.39. The summed E-state index contributed by atoms with van der Waals surface area (Å²) in [5, 5.41) is 6.62. The zero-order chi connectivity index (χ0) is 16.7. The van der Waals surface area contributed by atoms with Gasteiger partial charge in [-0.05, 0) is 38.8 Å². The van der Waals surface area contributed by atoms with Crippen LogP contribution in [0.4, 0.5) is 5.13 Å². The van der Waals surface area contributed by atoms with Crippen LogP contribution >= 0.6 is 11.3 Å². The second-order valence-corrected chi connectivity index (χ2v) is 7.28. The molecule has 1 aliphatic rings. The highest BCUT2D eigenvalue weighted by Gasteiger charge is 2.38. The lowest BCUT2D eigenvalue weighted by molar-refractivity contribution is -0.133. The standard InChI is InChI=1S/C18H19N3O2S/c1-11-4-5-14-12(8-11)13(9-19-14)15-10-24-17(20-15)21-16(22)18(2)6-3-7-23-18/h4-5,8-10,19H,3,6-7H2,1-2H3,(H,20,21,22). The first-order valence-corrected chi connectivity index (χ1v) is 8.92. The Balaban J connectivity index is 1.60. The van der Waals surface area contributed by atoms with E-state index in [4.69, 9.17) is 4.74 Å². The second-order valence-electron chi connectivity index (χ2n) is 6.43. The van der Waals surface area contributed by atoms with Gasteiger partial charge in [0.05, 0.1) is 5.69 Å². The van der Waals surface area contributed by atoms with E-state index in [2.05, 4.69) is 40.4 Å². The van der Waals surface area contributed by atoms with E-state index in [1.165, 1.54) is 16.9 Å². The average Bonchev–Trinajstić information content (AvgIpc) is 3.27. The molecule has 3 heterocycles. The molecule has 6 heteroatoms. The van der Waals surface area contributed by atoms with Crippen molar-refractivity contribution in [2.45, 2.75) is 32.3 Å². The zero-order valence-electron chi connectivity index (χ0n) is 13.7. The fourth-order valence-corrected chi connectivity index (χ4v) is 3.79. The van der Waals surface area contributed by atoms with Gasteiger partial charge in [0.2, 0.25) is 0 Å². The molecule has 0 saturated carbocycles. The summed E-state index contributed by atoms with van der Waals surface area (Å²) in [4.78, 5) is 20.3. The highest BCUT2D eigenvalue weighted by Crippen LogP contribution is 2.32. The number of aromatic amines is 1. The molecule has 1 fully saturated rings. The summed E-state index contributed by atoms with van der Waals surface area (Å²) in [5.41, 5.74) is 3.47. The van der Waals surface area contributed by atoms with Crippen LogP contribution in [0, 0.1) is 6.92 Å². The number of H-pyrrole nitrogens is 1. The Bertz CT molecular complexity index is 906. The Kier molecular flexibility index (Phi) is 3.66. The lowest BCUT2D eigenvalue weighted by Gasteiger charge is -2.20. The summed E-state index contributed by atoms with van der Waals surface area (Å²) < 4.78 is 5.58. The minimum absolute atomic E-state index is 0.115. The van der Waals surface area contributed by atoms with Crippen molar-refractivity contribution in [3.8, 4) is 11.3 Å². The summed E-state index contributed by atoms with van der Waals surface area (Å²) in [5.74, 6) is -0.115. The first-order valence-electron chi connectivity index (χ1n) is 8.04. The molecule has 0 radical (unpaired) electrons. The fourth-order valence-electron chi connectivity index (χ4n) is 3.09. The molecular formula is C18H19N3O2S. The molecule has 2 N–H and O–H groups in total. The summed E-state index contributed by atoms with van der Waals surface area (Å²) in [6.07, 6.45) is 3.63. The molecule has 1 atom stereocenters. The SMILES string of the molecule is Cc1ccc2[nH]cc(-c3csc(NC(=O)C4(C)CCCO4)n3)c2c1. The normalized spacial score (nSPS) is 20.6. The molecule has 0 bridgehead atoms. The van der Waals surface area contributed by atoms with Crippen LogP contribution in [0.5, 0.6) is 0 Å². The second kappa shape index (κ2) is 5.72. The maximum absolute atomic E-state index is 12.4. The predicted octanol–water partition coefficient (Wildman–Crippen LogP) is 4.11. The van der Waals surface area contributed by atoms with Gasteiger partial charge in [0.25, 0.3) is 5.91 Å². The number of carbonyl (C=O) groups is 1. The highest BCUT2D eigenvalue weighted by molar-refractivity contribution is 7.14. The molecule has 1 saturated heterocycles. The molecule has 0 spiro atoms. The number of hydrogen-bond acceptors (Lipinski definition) is 4. The zero-order valence-corrected chi connectivity index (χ0v) is 14.5. The van der Waals surface area contributed by atoms with Crippen molar-refractivity contribution >= 4 is 33.3 Å². The number of fused-ring (bicyclic) bond motifs is 1. The molecule has 5 nitrogen and oxygen atoms in total. The van der Waals surface area contributed by atoms with Gasteiger partial charge in [0.1, 0.15) is 5.60 Å². The third kappa shape index (κ3) is 2.61. The van der Waals surface area contributed by atoms with Crippen LogP contribution in [0.1, 0.15) is 25.3 Å². The summed E-state index contributed by atoms with van der Waals surface area (Å²) >= 11 is 1.43. The number of benzene rings is 1. The molecule has 124 valence electrons. The number of anilines is 1. The largest absolute Gasteiger partial charge is 0.365 e. The molecule has 3 aromatic rings. The number of nitrogens with one attached hydrogen (secondary N) is 2. The maximum atomic E-state index is 12.4. The molecule has 0 aliphatic carbocycles. The Morgan fingerprint density at radius 3 is 3.12 bits per heavy atom. The molecule has 1 amide bonds. The van der Waals surface area contributed by atoms with E-state index in [0.717, 1.165) is 35.0 Å². The van der Waals surface area contributed by atoms with Crippen LogP contribution in [0.15, 0.2) is 29.8 Å². The van der Waals surface area contributed by atoms with Crippen LogP contribution in [0.3, 0.4) is 0 Å². The van der Waals surface area contributed by atoms with E-state index in [1.54, 1.807) is 0 Å². The average molecular weight is 341 g/mol. The summed E-state index contributed by atoms with van der Waals surface area (Å²) in [6, 6.07) is 6.30. The molecule has 2 aromatic heterocycles. The van der Waals surface area contributed by atoms with Crippen molar-refractivity contribution in [3.05, 3.63) is 35.3 Å². The lowest BCUT2D eigenvalue weighted by atomic mass is 10.0. The van der Waals surface area contributed by atoms with Crippen LogP contribution in [0.2, 0.25) is 0 Å². The first kappa shape index (κ1) is 15.4. The van der Waals surface area contributed by atoms with Gasteiger partial charge in [-0.1, -0.05) is 11.6 Å². The van der Waals surface area contributed by atoms with Gasteiger partial charge in [-0.3, -0.25) is 10.1 Å². The van der Waals surface area contributed by atoms with Gasteiger partial charge in [0, 0.05) is 34.7 Å². The fraction of sp³-hybridized carbons (Fsp3) is 0.333. The number of aromatic nitrogens is 2. The van der Waals surface area contributed by atoms with Crippen LogP contribution in [-0.4, -0.2) is 28.1 Å². The van der Waals surface area contributed by atoms with Gasteiger partial charge < -0.3 is 9.72 Å². The Morgan fingerprint density at radius 2 is 2.33 bits per heavy atom. The summed E-state index contributed by atoms with van der Waals surface area (Å²) in [6.45, 7) is 4.55. The van der Waals surface area contributed by atoms with E-state index >= 15 is 0 Å². The van der Waals surface area contributed by atoms with Crippen molar-refractivity contribution in [3.63, 3.8) is 0 Å². The topological polar surface area (TPSA) is 67.0 Å². The third-order valence-corrected chi connectivity index (χ3v) is 5.29. The van der Waals surface area contributed by atoms with E-state index in [9.17, 15) is 4.79 Å². The number of aryl methyl sites for hydroxylation is 1. The number of ether oxygens (including phenoxy) is 1. The highest BCUT2D eigenvalue weighted by atomic mass is 32.1.